The number of anilines is 2. The molecule has 2 fully saturated rings. The summed E-state index contributed by atoms with van der Waals surface area (Å²) in [6, 6.07) is 5.24. The highest BCUT2D eigenvalue weighted by molar-refractivity contribution is 5.85. The molecule has 0 atom stereocenters. The minimum Gasteiger partial charge on any atom is -0.491 e. The second kappa shape index (κ2) is 12.8. The number of benzene rings is 1. The van der Waals surface area contributed by atoms with Gasteiger partial charge in [0.2, 0.25) is 17.8 Å². The van der Waals surface area contributed by atoms with E-state index in [4.69, 9.17) is 19.2 Å². The van der Waals surface area contributed by atoms with Gasteiger partial charge in [-0.05, 0) is 32.6 Å². The molecule has 14 heteroatoms. The van der Waals surface area contributed by atoms with Crippen molar-refractivity contribution < 1.29 is 23.0 Å². The van der Waals surface area contributed by atoms with Crippen LogP contribution in [0.1, 0.15) is 18.7 Å². The van der Waals surface area contributed by atoms with Gasteiger partial charge in [-0.25, -0.2) is 13.8 Å². The van der Waals surface area contributed by atoms with Gasteiger partial charge in [0.1, 0.15) is 11.3 Å². The summed E-state index contributed by atoms with van der Waals surface area (Å²) < 4.78 is 46.9. The van der Waals surface area contributed by atoms with Crippen molar-refractivity contribution in [3.63, 3.8) is 0 Å². The zero-order valence-corrected chi connectivity index (χ0v) is 22.4. The zero-order chi connectivity index (χ0) is 25.8. The number of fused-ring (bicyclic) bond motifs is 1. The quantitative estimate of drug-likeness (QED) is 0.367. The molecule has 2 saturated heterocycles. The van der Waals surface area contributed by atoms with Gasteiger partial charge >= 0.3 is 0 Å². The molecule has 0 unspecified atom stereocenters. The van der Waals surface area contributed by atoms with E-state index in [1.807, 2.05) is 23.9 Å². The normalized spacial score (nSPS) is 16.4. The van der Waals surface area contributed by atoms with E-state index in [0.717, 1.165) is 13.0 Å². The molecule has 0 saturated carbocycles. The number of halogens is 3. The molecule has 0 bridgehead atoms. The van der Waals surface area contributed by atoms with Crippen molar-refractivity contribution in [2.24, 2.45) is 0 Å². The largest absolute Gasteiger partial charge is 0.491 e. The molecule has 2 aliphatic rings. The van der Waals surface area contributed by atoms with E-state index in [-0.39, 0.29) is 18.4 Å². The Morgan fingerprint density at radius 2 is 1.47 bits per heavy atom. The first-order chi connectivity index (χ1) is 18.0. The number of rotatable bonds is 9. The van der Waals surface area contributed by atoms with E-state index in [1.54, 1.807) is 18.2 Å². The Morgan fingerprint density at radius 1 is 0.895 bits per heavy atom. The highest BCUT2D eigenvalue weighted by Gasteiger charge is 2.27. The maximum absolute atomic E-state index is 14.3. The average molecular weight is 555 g/mol. The molecule has 208 valence electrons. The SMILES string of the molecule is CN(C)CCCOc1cccc2c1nc(C(F)F)n2-c1nc(N2CCOCC2)nc(N2CCOCC2)n1.Cl. The number of para-hydroxylation sites is 1. The first kappa shape index (κ1) is 28.1. The van der Waals surface area contributed by atoms with Crippen molar-refractivity contribution in [2.45, 2.75) is 12.8 Å². The van der Waals surface area contributed by atoms with Crippen molar-refractivity contribution >= 4 is 35.3 Å². The third-order valence-electron chi connectivity index (χ3n) is 6.26. The number of ether oxygens (including phenoxy) is 3. The molecule has 0 amide bonds. The molecule has 2 aromatic heterocycles. The lowest BCUT2D eigenvalue weighted by molar-refractivity contribution is 0.121. The van der Waals surface area contributed by atoms with Crippen LogP contribution in [0.5, 0.6) is 5.75 Å². The van der Waals surface area contributed by atoms with E-state index in [9.17, 15) is 8.78 Å². The Hall–Kier alpha value is -2.87. The van der Waals surface area contributed by atoms with E-state index >= 15 is 0 Å². The van der Waals surface area contributed by atoms with Crippen molar-refractivity contribution in [2.75, 3.05) is 89.7 Å². The van der Waals surface area contributed by atoms with Gasteiger partial charge in [0.15, 0.2) is 5.82 Å². The summed E-state index contributed by atoms with van der Waals surface area (Å²) in [5.41, 5.74) is 0.802. The molecule has 3 aromatic rings. The summed E-state index contributed by atoms with van der Waals surface area (Å²) in [5, 5.41) is 0. The Morgan fingerprint density at radius 3 is 2.03 bits per heavy atom. The second-order valence-corrected chi connectivity index (χ2v) is 9.17. The molecular weight excluding hydrogens is 522 g/mol. The maximum atomic E-state index is 14.3. The lowest BCUT2D eigenvalue weighted by atomic mass is 10.3. The van der Waals surface area contributed by atoms with Gasteiger partial charge in [-0.15, -0.1) is 12.4 Å². The Kier molecular flexibility index (Phi) is 9.47. The molecule has 5 rings (SSSR count). The van der Waals surface area contributed by atoms with Gasteiger partial charge in [0.05, 0.1) is 38.6 Å². The molecule has 0 aliphatic carbocycles. The summed E-state index contributed by atoms with van der Waals surface area (Å²) in [6.07, 6.45) is -2.05. The highest BCUT2D eigenvalue weighted by atomic mass is 35.5. The highest BCUT2D eigenvalue weighted by Crippen LogP contribution is 2.32. The molecule has 0 spiro atoms. The summed E-state index contributed by atoms with van der Waals surface area (Å²) in [7, 11) is 3.98. The Labute approximate surface area is 226 Å². The maximum Gasteiger partial charge on any atom is 0.296 e. The molecule has 1 aromatic carbocycles. The number of hydrogen-bond acceptors (Lipinski definition) is 10. The number of hydrogen-bond donors (Lipinski definition) is 0. The van der Waals surface area contributed by atoms with Crippen molar-refractivity contribution in [3.05, 3.63) is 24.0 Å². The zero-order valence-electron chi connectivity index (χ0n) is 21.6. The van der Waals surface area contributed by atoms with Crippen molar-refractivity contribution in [3.8, 4) is 11.7 Å². The van der Waals surface area contributed by atoms with Crippen LogP contribution in [0.4, 0.5) is 20.7 Å². The number of aromatic nitrogens is 5. The van der Waals surface area contributed by atoms with Gasteiger partial charge in [-0.3, -0.25) is 4.57 Å². The molecule has 4 heterocycles. The Balaban J connectivity index is 0.00000336. The smallest absolute Gasteiger partial charge is 0.296 e. The second-order valence-electron chi connectivity index (χ2n) is 9.17. The third-order valence-corrected chi connectivity index (χ3v) is 6.26. The fraction of sp³-hybridized carbons (Fsp3) is 0.583. The van der Waals surface area contributed by atoms with Crippen LogP contribution in [-0.2, 0) is 9.47 Å². The lowest BCUT2D eigenvalue weighted by Crippen LogP contribution is -2.40. The van der Waals surface area contributed by atoms with E-state index in [2.05, 4.69) is 19.9 Å². The first-order valence-corrected chi connectivity index (χ1v) is 12.5. The van der Waals surface area contributed by atoms with Crippen LogP contribution in [0.2, 0.25) is 0 Å². The predicted molar refractivity (Wildman–Crippen MR) is 141 cm³/mol. The van der Waals surface area contributed by atoms with E-state index < -0.39 is 12.2 Å². The van der Waals surface area contributed by atoms with Gasteiger partial charge in [-0.2, -0.15) is 15.0 Å². The molecular formula is C24H33ClF2N8O3. The van der Waals surface area contributed by atoms with Crippen molar-refractivity contribution in [1.29, 1.82) is 0 Å². The fourth-order valence-corrected chi connectivity index (χ4v) is 4.38. The van der Waals surface area contributed by atoms with Gasteiger partial charge in [0.25, 0.3) is 6.43 Å². The summed E-state index contributed by atoms with van der Waals surface area (Å²) in [5.74, 6) is 0.959. The lowest BCUT2D eigenvalue weighted by Gasteiger charge is -2.30. The van der Waals surface area contributed by atoms with Crippen molar-refractivity contribution in [1.82, 2.24) is 29.4 Å². The summed E-state index contributed by atoms with van der Waals surface area (Å²) in [6.45, 7) is 5.86. The first-order valence-electron chi connectivity index (χ1n) is 12.5. The molecule has 38 heavy (non-hydrogen) atoms. The van der Waals surface area contributed by atoms with Crippen LogP contribution in [0.25, 0.3) is 17.0 Å². The summed E-state index contributed by atoms with van der Waals surface area (Å²) in [4.78, 5) is 24.3. The molecule has 0 N–H and O–H groups in total. The minimum absolute atomic E-state index is 0. The average Bonchev–Trinajstić information content (AvgIpc) is 3.33. The van der Waals surface area contributed by atoms with E-state index in [1.165, 1.54) is 4.57 Å². The topological polar surface area (TPSA) is 93.9 Å². The van der Waals surface area contributed by atoms with Gasteiger partial charge in [0, 0.05) is 32.7 Å². The van der Waals surface area contributed by atoms with Crippen LogP contribution in [-0.4, -0.2) is 109 Å². The molecule has 11 nitrogen and oxygen atoms in total. The number of nitrogens with zero attached hydrogens (tertiary/aromatic N) is 8. The van der Waals surface area contributed by atoms with Crippen LogP contribution < -0.4 is 14.5 Å². The predicted octanol–water partition coefficient (Wildman–Crippen LogP) is 2.57. The Bertz CT molecular complexity index is 1170. The van der Waals surface area contributed by atoms with E-state index in [0.29, 0.717) is 87.9 Å². The number of imidazole rings is 1. The monoisotopic (exact) mass is 554 g/mol. The standard InChI is InChI=1S/C24H32F2N8O3.ClH/c1-31(2)7-4-12-37-18-6-3-5-17-19(18)27-21(20(25)26)34(17)24-29-22(32-8-13-35-14-9-32)28-23(30-24)33-10-15-36-16-11-33;/h3,5-6,20H,4,7-16H2,1-2H3;1H. The molecule has 0 radical (unpaired) electrons. The third kappa shape index (κ3) is 6.22. The number of morpholine rings is 2. The van der Waals surface area contributed by atoms with Crippen LogP contribution in [0.15, 0.2) is 18.2 Å². The van der Waals surface area contributed by atoms with Gasteiger partial charge < -0.3 is 28.9 Å². The molecule has 2 aliphatic heterocycles. The van der Waals surface area contributed by atoms with Gasteiger partial charge in [-0.1, -0.05) is 6.07 Å². The minimum atomic E-state index is -2.84. The number of alkyl halides is 2. The van der Waals surface area contributed by atoms with Crippen LogP contribution in [0, 0.1) is 0 Å². The summed E-state index contributed by atoms with van der Waals surface area (Å²) >= 11 is 0. The van der Waals surface area contributed by atoms with Crippen LogP contribution in [0.3, 0.4) is 0 Å². The fourth-order valence-electron chi connectivity index (χ4n) is 4.38. The van der Waals surface area contributed by atoms with Crippen LogP contribution >= 0.6 is 12.4 Å².